The Labute approximate surface area is 808 Å². The van der Waals surface area contributed by atoms with E-state index in [2.05, 4.69) is 95.4 Å². The Morgan fingerprint density at radius 1 is 0.436 bits per heavy atom. The Hall–Kier alpha value is -15.7. The van der Waals surface area contributed by atoms with Gasteiger partial charge >= 0.3 is 0 Å². The summed E-state index contributed by atoms with van der Waals surface area (Å²) in [5.74, 6) is -2.39. The molecular formula is C102H114N19O19+. The maximum absolute atomic E-state index is 12.9. The van der Waals surface area contributed by atoms with Crippen molar-refractivity contribution in [2.75, 3.05) is 172 Å². The minimum absolute atomic E-state index is 0.000820. The number of hydroxylamine groups is 4. The van der Waals surface area contributed by atoms with Gasteiger partial charge in [-0.15, -0.1) is 0 Å². The Morgan fingerprint density at radius 3 is 1.26 bits per heavy atom. The van der Waals surface area contributed by atoms with Crippen LogP contribution in [0.1, 0.15) is 110 Å². The van der Waals surface area contributed by atoms with Crippen LogP contribution in [0.15, 0.2) is 254 Å². The number of Topliss-reactive ketones (excluding diaryl/α,β-unsaturated/α-hetero) is 2. The van der Waals surface area contributed by atoms with Gasteiger partial charge in [0.05, 0.1) is 32.7 Å². The monoisotopic (exact) mass is 1910 g/mol. The van der Waals surface area contributed by atoms with Crippen molar-refractivity contribution >= 4 is 122 Å². The molecule has 140 heavy (non-hydrogen) atoms. The molecule has 17 rings (SSSR count). The molecule has 38 heteroatoms. The molecule has 0 aromatic heterocycles. The fraction of sp³-hybridized carbons (Fsp3) is 0.314. The maximum atomic E-state index is 12.9. The number of nitro groups is 3. The highest BCUT2D eigenvalue weighted by Crippen LogP contribution is 2.44. The summed E-state index contributed by atoms with van der Waals surface area (Å²) in [5.41, 5.74) is 14.7. The molecule has 9 N–H and O–H groups in total. The number of allylic oxidation sites excluding steroid dienone is 3. The van der Waals surface area contributed by atoms with E-state index in [0.29, 0.717) is 137 Å². The van der Waals surface area contributed by atoms with Gasteiger partial charge < -0.3 is 44.5 Å². The second-order valence-corrected chi connectivity index (χ2v) is 34.5. The molecule has 8 aliphatic rings. The van der Waals surface area contributed by atoms with Crippen molar-refractivity contribution in [1.82, 2.24) is 41.9 Å². The van der Waals surface area contributed by atoms with E-state index in [4.69, 9.17) is 20.8 Å². The number of piperidine rings is 2. The zero-order valence-electron chi connectivity index (χ0n) is 77.8. The van der Waals surface area contributed by atoms with E-state index in [1.165, 1.54) is 71.5 Å². The minimum atomic E-state index is -0.812. The normalized spacial score (nSPS) is 16.6. The van der Waals surface area contributed by atoms with Gasteiger partial charge in [0, 0.05) is 223 Å². The number of piperazine rings is 3. The molecule has 7 heterocycles. The molecular weight excluding hydrogens is 1800 g/mol. The smallest absolute Gasteiger partial charge is 0.293 e. The summed E-state index contributed by atoms with van der Waals surface area (Å²) >= 11 is 0. The summed E-state index contributed by atoms with van der Waals surface area (Å²) in [7, 11) is 1.37. The van der Waals surface area contributed by atoms with Gasteiger partial charge in [-0.3, -0.25) is 99.3 Å². The first kappa shape index (κ1) is 102. The second-order valence-electron chi connectivity index (χ2n) is 34.5. The number of carbonyl (C=O) groups excluding carboxylic acids is 8. The lowest BCUT2D eigenvalue weighted by Crippen LogP contribution is -2.56. The number of rotatable bonds is 25. The molecule has 1 aliphatic carbocycles. The number of anilines is 7. The maximum Gasteiger partial charge on any atom is 0.293 e. The topological polar surface area (TPSA) is 460 Å². The average molecular weight is 1910 g/mol. The van der Waals surface area contributed by atoms with Gasteiger partial charge in [-0.2, -0.15) is 0 Å². The third kappa shape index (κ3) is 25.2. The number of nitro benzene ring substituents is 3. The highest BCUT2D eigenvalue weighted by Gasteiger charge is 2.52. The van der Waals surface area contributed by atoms with Gasteiger partial charge in [0.25, 0.3) is 46.4 Å². The number of benzene rings is 9. The number of carbonyl (C=O) groups is 8. The van der Waals surface area contributed by atoms with Gasteiger partial charge in [-0.05, 0) is 128 Å². The fourth-order valence-electron chi connectivity index (χ4n) is 18.6. The predicted molar refractivity (Wildman–Crippen MR) is 530 cm³/mol. The number of nitroso groups, excluding NO2 is 1. The first-order chi connectivity index (χ1) is 67.7. The fourth-order valence-corrected chi connectivity index (χ4v) is 18.6. The third-order valence-corrected chi connectivity index (χ3v) is 26.3. The van der Waals surface area contributed by atoms with Crippen LogP contribution >= 0.6 is 0 Å². The Kier molecular flexibility index (Phi) is 35.1. The van der Waals surface area contributed by atoms with Crippen LogP contribution < -0.4 is 61.5 Å². The van der Waals surface area contributed by atoms with Crippen molar-refractivity contribution in [3.63, 3.8) is 0 Å². The molecule has 7 aliphatic heterocycles. The van der Waals surface area contributed by atoms with Crippen LogP contribution in [0.25, 0.3) is 12.2 Å². The van der Waals surface area contributed by atoms with Crippen molar-refractivity contribution in [2.24, 2.45) is 0 Å². The summed E-state index contributed by atoms with van der Waals surface area (Å²) < 4.78 is 0.689. The molecule has 730 valence electrons. The number of amides is 6. The SMILES string of the molecule is CCC(=O)Cc1ccc(N2CCC3(CC2)C(=O)NCN3c2ccccc2)cc1.C[N+](=O)c1ccc(N2CCN(C/C=C/c3ccccc3)CC2)c(C(=O)NO)c1.O=C(NO)c1ccc(N2CCC3(CC2)C(=O)CCN3c2ccccc2)c([N+](=O)[O-])c1.O=C(NO)c1ccc(N2CCN(C(=O)C3=CC=CC3)CC2)c([N+](=O)[O-])c1.O=C(NO)c1ccc(N2CCN(C/C=C/c3ccccc3)CC2)c([N+](=O)[O-])c1. The average Bonchev–Trinajstić information content (AvgIpc) is 1.58. The lowest BCUT2D eigenvalue weighted by atomic mass is 9.83. The number of hydrogen-bond acceptors (Lipinski definition) is 28. The number of para-hydroxylation sites is 2. The van der Waals surface area contributed by atoms with E-state index in [1.54, 1.807) is 28.6 Å². The van der Waals surface area contributed by atoms with Crippen molar-refractivity contribution in [2.45, 2.75) is 69.4 Å². The third-order valence-electron chi connectivity index (χ3n) is 26.3. The summed E-state index contributed by atoms with van der Waals surface area (Å²) in [4.78, 5) is 162. The van der Waals surface area contributed by atoms with Crippen molar-refractivity contribution in [3.05, 3.63) is 329 Å². The Morgan fingerprint density at radius 2 is 0.843 bits per heavy atom. The Bertz CT molecular complexity index is 6060. The molecule has 9 aromatic carbocycles. The lowest BCUT2D eigenvalue weighted by Gasteiger charge is -2.45. The summed E-state index contributed by atoms with van der Waals surface area (Å²) in [6.07, 6.45) is 19.0. The highest BCUT2D eigenvalue weighted by molar-refractivity contribution is 6.01. The van der Waals surface area contributed by atoms with Crippen LogP contribution in [0.5, 0.6) is 0 Å². The van der Waals surface area contributed by atoms with Gasteiger partial charge in [0.2, 0.25) is 11.8 Å². The molecule has 6 amide bonds. The van der Waals surface area contributed by atoms with Crippen LogP contribution in [0.4, 0.5) is 62.6 Å². The first-order valence-electron chi connectivity index (χ1n) is 46.3. The van der Waals surface area contributed by atoms with Crippen molar-refractivity contribution in [1.29, 1.82) is 0 Å². The molecule has 0 saturated carbocycles. The zero-order valence-corrected chi connectivity index (χ0v) is 77.8. The molecule has 0 radical (unpaired) electrons. The molecule has 2 spiro atoms. The number of ketones is 2. The molecule has 0 atom stereocenters. The van der Waals surface area contributed by atoms with Crippen LogP contribution in [-0.2, 0) is 25.6 Å². The summed E-state index contributed by atoms with van der Waals surface area (Å²) in [6.45, 7) is 15.5. The van der Waals surface area contributed by atoms with E-state index in [9.17, 15) is 73.6 Å². The van der Waals surface area contributed by atoms with Gasteiger partial charge in [0.1, 0.15) is 33.9 Å². The van der Waals surface area contributed by atoms with E-state index in [0.717, 1.165) is 130 Å². The lowest BCUT2D eigenvalue weighted by molar-refractivity contribution is -0.428. The van der Waals surface area contributed by atoms with Crippen LogP contribution in [0, 0.1) is 35.3 Å². The second kappa shape index (κ2) is 48.3. The number of nitrogens with one attached hydrogen (secondary N) is 5. The Balaban J connectivity index is 0.000000147. The van der Waals surface area contributed by atoms with Crippen molar-refractivity contribution < 1.29 is 78.7 Å². The molecule has 7 fully saturated rings. The highest BCUT2D eigenvalue weighted by atomic mass is 16.6. The summed E-state index contributed by atoms with van der Waals surface area (Å²) in [5, 5.41) is 72.7. The largest absolute Gasteiger partial charge is 0.371 e. The van der Waals surface area contributed by atoms with E-state index < -0.39 is 49.5 Å². The molecule has 0 unspecified atom stereocenters. The standard InChI is InChI=1S/C23H27N3O2.C21H22N4O5.C21H24N4O3.C20H22N4O4.C17H18N4O5/c1-2-21(27)16-18-8-10-19(11-9-18)25-14-12-23(13-15-25)22(28)24-17-26(23)20-6-4-3-5-7-20;26-19-8-11-24(16-4-2-1-3-5-16)21(19)9-12-23(13-10-21)17-7-6-15(20(27)22-28)14-18(17)25(29)30;1-23(28)18-9-10-20(19(16-18)21(26)22-27)25-14-12-24(13-15-25)11-5-8-17-6-3-2-4-7-17;25-20(21-26)17-8-9-18(19(15-17)24(27)28)23-13-11-22(12-14-23)10-4-7-16-5-2-1-3-6-16;22-16(18-24)13-5-6-14(15(11-13)21(25)26)19-7-9-20(10-8-19)17(23)12-3-1-2-4-12/h3-11H,2,12-17H2,1H3,(H,24,28);1-7,14,28H,8-13H2,(H,22,27);2-10,16H,11-15H2,1H3,(H-,22,26,27);1-9,15,26H,10-14H2,(H,21,25);1-3,5-6,11,24H,4,7-10H2,(H,18,22)/p+1/b;;8-5+;7-4+;. The zero-order chi connectivity index (χ0) is 99.4. The van der Waals surface area contributed by atoms with E-state index >= 15 is 0 Å². The van der Waals surface area contributed by atoms with Gasteiger partial charge in [-0.1, -0.05) is 159 Å². The predicted octanol–water partition coefficient (Wildman–Crippen LogP) is 12.2. The molecule has 38 nitrogen and oxygen atoms in total. The number of nitrogens with zero attached hydrogens (tertiary/aromatic N) is 14. The van der Waals surface area contributed by atoms with Crippen LogP contribution in [-0.4, -0.2) is 251 Å². The summed E-state index contributed by atoms with van der Waals surface area (Å²) in [6, 6.07) is 65.9. The van der Waals surface area contributed by atoms with Crippen LogP contribution in [0.2, 0.25) is 0 Å². The van der Waals surface area contributed by atoms with Crippen molar-refractivity contribution in [3.8, 4) is 0 Å². The van der Waals surface area contributed by atoms with Gasteiger partial charge in [-0.25, -0.2) is 21.9 Å². The van der Waals surface area contributed by atoms with E-state index in [-0.39, 0.29) is 57.1 Å². The molecule has 9 aromatic rings. The first-order valence-corrected chi connectivity index (χ1v) is 46.3. The van der Waals surface area contributed by atoms with Gasteiger partial charge in [0.15, 0.2) is 12.8 Å². The quantitative estimate of drug-likeness (QED) is 0.0111. The molecule has 0 bridgehead atoms. The number of hydrogen-bond donors (Lipinski definition) is 9. The van der Waals surface area contributed by atoms with Crippen LogP contribution in [0.3, 0.4) is 0 Å². The molecule has 7 saturated heterocycles. The minimum Gasteiger partial charge on any atom is -0.371 e. The van der Waals surface area contributed by atoms with E-state index in [1.807, 2.05) is 149 Å².